The van der Waals surface area contributed by atoms with Crippen molar-refractivity contribution >= 4 is 21.8 Å². The molecule has 0 unspecified atom stereocenters. The third kappa shape index (κ3) is 4.79. The van der Waals surface area contributed by atoms with Gasteiger partial charge >= 0.3 is 0 Å². The number of pyridine rings is 2. The lowest BCUT2D eigenvalue weighted by Gasteiger charge is -2.12. The van der Waals surface area contributed by atoms with Crippen molar-refractivity contribution in [3.63, 3.8) is 0 Å². The van der Waals surface area contributed by atoms with E-state index in [1.807, 2.05) is 36.4 Å². The average molecular weight is 568 g/mol. The molecule has 8 aromatic rings. The third-order valence-corrected chi connectivity index (χ3v) is 7.84. The number of hydrogen-bond acceptors (Lipinski definition) is 3. The Kier molecular flexibility index (Phi) is 5.89. The monoisotopic (exact) mass is 567 g/mol. The Balaban J connectivity index is 1.34. The van der Waals surface area contributed by atoms with Gasteiger partial charge in [-0.1, -0.05) is 90.9 Å². The maximum atomic E-state index is 8.33. The summed E-state index contributed by atoms with van der Waals surface area (Å²) in [7, 11) is 0. The molecule has 208 valence electrons. The third-order valence-electron chi connectivity index (χ3n) is 7.84. The lowest BCUT2D eigenvalue weighted by molar-refractivity contribution is 0.463. The summed E-state index contributed by atoms with van der Waals surface area (Å²) in [6.45, 7) is 0. The van der Waals surface area contributed by atoms with Gasteiger partial charge in [-0.15, -0.1) is 0 Å². The molecule has 0 bridgehead atoms. The van der Waals surface area contributed by atoms with Crippen molar-refractivity contribution in [2.24, 2.45) is 0 Å². The number of hydrogen-bond donors (Lipinski definition) is 0. The summed E-state index contributed by atoms with van der Waals surface area (Å²) in [5.41, 5.74) is 8.37. The quantitative estimate of drug-likeness (QED) is 0.201. The van der Waals surface area contributed by atoms with E-state index in [1.165, 1.54) is 0 Å². The Morgan fingerprint density at radius 3 is 1.89 bits per heavy atom. The standard InChI is InChI=1S/C40H27N3O/c1-3-11-28(12-4-1)30-18-20-37-36(26-30)35-19-17-31(27-38(35)43(37)39-15-7-9-21-41-39)33-23-32(29-13-5-2-6-14-29)24-34(25-33)44-40-16-8-10-22-42-40/h1-27H/i7D,8D. The van der Waals surface area contributed by atoms with Crippen LogP contribution in [0.15, 0.2) is 164 Å². The van der Waals surface area contributed by atoms with Gasteiger partial charge in [0, 0.05) is 29.2 Å². The number of rotatable bonds is 6. The van der Waals surface area contributed by atoms with Crippen LogP contribution in [0.4, 0.5) is 0 Å². The topological polar surface area (TPSA) is 39.9 Å². The van der Waals surface area contributed by atoms with E-state index in [0.717, 1.165) is 55.2 Å². The van der Waals surface area contributed by atoms with E-state index in [2.05, 4.69) is 93.4 Å². The van der Waals surface area contributed by atoms with Crippen molar-refractivity contribution in [2.45, 2.75) is 0 Å². The summed E-state index contributed by atoms with van der Waals surface area (Å²) >= 11 is 0. The van der Waals surface area contributed by atoms with E-state index in [0.29, 0.717) is 29.5 Å². The molecule has 0 aliphatic rings. The molecule has 0 N–H and O–H groups in total. The number of aromatic nitrogens is 3. The maximum absolute atomic E-state index is 8.33. The van der Waals surface area contributed by atoms with Gasteiger partial charge < -0.3 is 4.74 Å². The highest BCUT2D eigenvalue weighted by molar-refractivity contribution is 6.11. The lowest BCUT2D eigenvalue weighted by atomic mass is 9.97. The van der Waals surface area contributed by atoms with Gasteiger partial charge in [0.25, 0.3) is 0 Å². The van der Waals surface area contributed by atoms with E-state index < -0.39 is 0 Å². The molecule has 3 aromatic heterocycles. The molecule has 0 atom stereocenters. The Morgan fingerprint density at radius 1 is 0.477 bits per heavy atom. The van der Waals surface area contributed by atoms with E-state index in [9.17, 15) is 0 Å². The molecule has 8 rings (SSSR count). The summed E-state index contributed by atoms with van der Waals surface area (Å²) in [6, 6.07) is 47.3. The average Bonchev–Trinajstić information content (AvgIpc) is 3.42. The van der Waals surface area contributed by atoms with Crippen LogP contribution in [0.25, 0.3) is 61.0 Å². The molecule has 4 heteroatoms. The highest BCUT2D eigenvalue weighted by Crippen LogP contribution is 2.38. The number of ether oxygens (including phenoxy) is 1. The van der Waals surface area contributed by atoms with Crippen LogP contribution in [0.3, 0.4) is 0 Å². The second kappa shape index (κ2) is 11.0. The largest absolute Gasteiger partial charge is 0.439 e. The predicted molar refractivity (Wildman–Crippen MR) is 179 cm³/mol. The van der Waals surface area contributed by atoms with Gasteiger partial charge in [0.15, 0.2) is 0 Å². The number of nitrogens with zero attached hydrogens (tertiary/aromatic N) is 3. The second-order valence-electron chi connectivity index (χ2n) is 10.6. The predicted octanol–water partition coefficient (Wildman–Crippen LogP) is 10.4. The first-order valence-corrected chi connectivity index (χ1v) is 14.5. The first-order valence-electron chi connectivity index (χ1n) is 15.5. The second-order valence-corrected chi connectivity index (χ2v) is 10.6. The highest BCUT2D eigenvalue weighted by atomic mass is 16.5. The van der Waals surface area contributed by atoms with Gasteiger partial charge in [-0.2, -0.15) is 0 Å². The van der Waals surface area contributed by atoms with Crippen LogP contribution >= 0.6 is 0 Å². The maximum Gasteiger partial charge on any atom is 0.219 e. The molecule has 0 spiro atoms. The van der Waals surface area contributed by atoms with Crippen molar-refractivity contribution in [1.29, 1.82) is 0 Å². The Hall–Kier alpha value is -6.00. The van der Waals surface area contributed by atoms with E-state index in [4.69, 9.17) is 7.48 Å². The molecule has 3 heterocycles. The fourth-order valence-corrected chi connectivity index (χ4v) is 5.81. The number of benzene rings is 5. The van der Waals surface area contributed by atoms with Crippen LogP contribution in [0.1, 0.15) is 2.74 Å². The molecule has 0 amide bonds. The first-order chi connectivity index (χ1) is 22.6. The van der Waals surface area contributed by atoms with Crippen LogP contribution < -0.4 is 4.74 Å². The molecule has 0 aliphatic heterocycles. The first kappa shape index (κ1) is 23.6. The minimum Gasteiger partial charge on any atom is -0.439 e. The normalized spacial score (nSPS) is 11.8. The lowest BCUT2D eigenvalue weighted by Crippen LogP contribution is -1.96. The van der Waals surface area contributed by atoms with Gasteiger partial charge in [-0.05, 0) is 88.0 Å². The summed E-state index contributed by atoms with van der Waals surface area (Å²) in [4.78, 5) is 9.01. The van der Waals surface area contributed by atoms with Crippen LogP contribution in [0, 0.1) is 0 Å². The molecular weight excluding hydrogens is 538 g/mol. The molecule has 0 saturated heterocycles. The zero-order valence-corrected chi connectivity index (χ0v) is 23.7. The summed E-state index contributed by atoms with van der Waals surface area (Å²) in [6.07, 6.45) is 3.26. The van der Waals surface area contributed by atoms with Crippen LogP contribution in [-0.4, -0.2) is 14.5 Å². The molecule has 0 fully saturated rings. The fourth-order valence-electron chi connectivity index (χ4n) is 5.81. The van der Waals surface area contributed by atoms with Gasteiger partial charge in [0.2, 0.25) is 5.88 Å². The molecule has 4 nitrogen and oxygen atoms in total. The van der Waals surface area contributed by atoms with Gasteiger partial charge in [0.1, 0.15) is 11.6 Å². The minimum atomic E-state index is 0.337. The molecular formula is C40H27N3O. The smallest absolute Gasteiger partial charge is 0.219 e. The molecule has 0 radical (unpaired) electrons. The van der Waals surface area contributed by atoms with Crippen LogP contribution in [0.5, 0.6) is 11.6 Å². The van der Waals surface area contributed by atoms with Crippen molar-refractivity contribution in [1.82, 2.24) is 14.5 Å². The summed E-state index contributed by atoms with van der Waals surface area (Å²) in [5, 5.41) is 2.21. The Bertz CT molecular complexity index is 2370. The van der Waals surface area contributed by atoms with Gasteiger partial charge in [-0.3, -0.25) is 4.57 Å². The zero-order valence-electron chi connectivity index (χ0n) is 25.7. The highest BCUT2D eigenvalue weighted by Gasteiger charge is 2.16. The van der Waals surface area contributed by atoms with Crippen molar-refractivity contribution in [3.8, 4) is 50.8 Å². The van der Waals surface area contributed by atoms with Gasteiger partial charge in [0.05, 0.1) is 13.8 Å². The summed E-state index contributed by atoms with van der Waals surface area (Å²) in [5.74, 6) is 1.70. The van der Waals surface area contributed by atoms with Crippen molar-refractivity contribution < 1.29 is 7.48 Å². The molecule has 44 heavy (non-hydrogen) atoms. The molecule has 5 aromatic carbocycles. The van der Waals surface area contributed by atoms with Crippen molar-refractivity contribution in [3.05, 3.63) is 164 Å². The van der Waals surface area contributed by atoms with Crippen LogP contribution in [0.2, 0.25) is 0 Å². The fraction of sp³-hybridized carbons (Fsp3) is 0. The van der Waals surface area contributed by atoms with E-state index >= 15 is 0 Å². The van der Waals surface area contributed by atoms with Crippen molar-refractivity contribution in [2.75, 3.05) is 0 Å². The van der Waals surface area contributed by atoms with Gasteiger partial charge in [-0.25, -0.2) is 9.97 Å². The minimum absolute atomic E-state index is 0.337. The van der Waals surface area contributed by atoms with E-state index in [1.54, 1.807) is 36.7 Å². The zero-order chi connectivity index (χ0) is 31.0. The molecule has 0 aliphatic carbocycles. The number of fused-ring (bicyclic) bond motifs is 3. The Labute approximate surface area is 258 Å². The molecule has 0 saturated carbocycles. The van der Waals surface area contributed by atoms with Crippen LogP contribution in [-0.2, 0) is 0 Å². The Morgan fingerprint density at radius 2 is 1.14 bits per heavy atom. The summed E-state index contributed by atoms with van der Waals surface area (Å²) < 4.78 is 24.7. The van der Waals surface area contributed by atoms with E-state index in [-0.39, 0.29) is 0 Å². The SMILES string of the molecule is [2H]c1ccnc(Oc2cc(-c3ccccc3)cc(-c3ccc4c5cc(-c6ccccc6)ccc5n(-c5cc([2H])ccn5)c4c3)c2)c1.